The molecule has 0 aliphatic carbocycles. The highest BCUT2D eigenvalue weighted by Gasteiger charge is 2.19. The molecule has 0 aromatic heterocycles. The molecule has 6 heteroatoms. The summed E-state index contributed by atoms with van der Waals surface area (Å²) in [5, 5.41) is 0. The van der Waals surface area contributed by atoms with Crippen molar-refractivity contribution in [1.82, 2.24) is 0 Å². The molecule has 0 saturated heterocycles. The van der Waals surface area contributed by atoms with Crippen molar-refractivity contribution >= 4 is 17.9 Å². The third-order valence-electron chi connectivity index (χ3n) is 15.3. The molecule has 0 fully saturated rings. The Bertz CT molecular complexity index is 1330. The minimum Gasteiger partial charge on any atom is -0.462 e. The van der Waals surface area contributed by atoms with E-state index in [1.54, 1.807) is 0 Å². The summed E-state index contributed by atoms with van der Waals surface area (Å²) in [5.41, 5.74) is 0. The Kier molecular flexibility index (Phi) is 63.6. The molecule has 450 valence electrons. The normalized spacial score (nSPS) is 12.3. The third-order valence-corrected chi connectivity index (χ3v) is 15.3. The van der Waals surface area contributed by atoms with Crippen LogP contribution in [0.1, 0.15) is 367 Å². The monoisotopic (exact) mass is 1080 g/mol. The molecule has 0 bridgehead atoms. The summed E-state index contributed by atoms with van der Waals surface area (Å²) in [7, 11) is 0. The maximum atomic E-state index is 12.9. The Morgan fingerprint density at radius 1 is 0.260 bits per heavy atom. The van der Waals surface area contributed by atoms with E-state index in [-0.39, 0.29) is 31.1 Å². The smallest absolute Gasteiger partial charge is 0.306 e. The van der Waals surface area contributed by atoms with Crippen LogP contribution < -0.4 is 0 Å². The molecule has 0 rings (SSSR count). The molecule has 0 spiro atoms. The minimum atomic E-state index is -0.779. The van der Waals surface area contributed by atoms with Gasteiger partial charge >= 0.3 is 17.9 Å². The van der Waals surface area contributed by atoms with Crippen molar-refractivity contribution in [3.05, 3.63) is 48.6 Å². The fourth-order valence-electron chi connectivity index (χ4n) is 10.1. The van der Waals surface area contributed by atoms with Gasteiger partial charge < -0.3 is 14.2 Å². The number of unbranched alkanes of at least 4 members (excludes halogenated alkanes) is 44. The van der Waals surface area contributed by atoms with E-state index in [1.165, 1.54) is 250 Å². The Balaban J connectivity index is 4.13. The lowest BCUT2D eigenvalue weighted by Gasteiger charge is -2.18. The summed E-state index contributed by atoms with van der Waals surface area (Å²) in [5.74, 6) is -0.872. The van der Waals surface area contributed by atoms with Crippen molar-refractivity contribution in [1.29, 1.82) is 0 Å². The number of esters is 3. The molecule has 0 aliphatic rings. The van der Waals surface area contributed by atoms with E-state index >= 15 is 0 Å². The highest BCUT2D eigenvalue weighted by Crippen LogP contribution is 2.17. The predicted molar refractivity (Wildman–Crippen MR) is 335 cm³/mol. The average Bonchev–Trinajstić information content (AvgIpc) is 3.43. The predicted octanol–water partition coefficient (Wildman–Crippen LogP) is 23.3. The summed E-state index contributed by atoms with van der Waals surface area (Å²) < 4.78 is 16.9. The molecule has 1 unspecified atom stereocenters. The van der Waals surface area contributed by atoms with E-state index in [4.69, 9.17) is 14.2 Å². The SMILES string of the molecule is CCCCC/C=C\CCCCCCCC(=O)OCC(COC(=O)CCCCCCCCCCCCCCCCCCCCC/C=C\C/C=C\CCCCCCC)OC(=O)CCCCCCC/C=C\CCCCCCCCC. The van der Waals surface area contributed by atoms with Crippen molar-refractivity contribution in [2.24, 2.45) is 0 Å². The first-order chi connectivity index (χ1) is 38.0. The summed E-state index contributed by atoms with van der Waals surface area (Å²) in [6.07, 6.45) is 82.9. The number of allylic oxidation sites excluding steroid dienone is 8. The van der Waals surface area contributed by atoms with Crippen molar-refractivity contribution in [3.63, 3.8) is 0 Å². The Labute approximate surface area is 479 Å². The molecule has 1 atom stereocenters. The maximum absolute atomic E-state index is 12.9. The summed E-state index contributed by atoms with van der Waals surface area (Å²) >= 11 is 0. The number of hydrogen-bond donors (Lipinski definition) is 0. The van der Waals surface area contributed by atoms with Crippen LogP contribution in [-0.4, -0.2) is 37.2 Å². The lowest BCUT2D eigenvalue weighted by Crippen LogP contribution is -2.30. The molecule has 0 aromatic carbocycles. The highest BCUT2D eigenvalue weighted by atomic mass is 16.6. The zero-order valence-electron chi connectivity index (χ0n) is 51.7. The molecule has 0 radical (unpaired) electrons. The van der Waals surface area contributed by atoms with Crippen molar-refractivity contribution < 1.29 is 28.6 Å². The summed E-state index contributed by atoms with van der Waals surface area (Å²) in [6, 6.07) is 0. The molecule has 77 heavy (non-hydrogen) atoms. The molecule has 0 heterocycles. The zero-order chi connectivity index (χ0) is 55.7. The van der Waals surface area contributed by atoms with E-state index in [0.717, 1.165) is 77.0 Å². The molecule has 0 aromatic rings. The molecule has 0 aliphatic heterocycles. The highest BCUT2D eigenvalue weighted by molar-refractivity contribution is 5.71. The second kappa shape index (κ2) is 65.9. The van der Waals surface area contributed by atoms with Crippen LogP contribution in [0.2, 0.25) is 0 Å². The zero-order valence-corrected chi connectivity index (χ0v) is 51.7. The first-order valence-electron chi connectivity index (χ1n) is 34.1. The van der Waals surface area contributed by atoms with Gasteiger partial charge in [-0.3, -0.25) is 14.4 Å². The number of carbonyl (C=O) groups excluding carboxylic acids is 3. The first-order valence-corrected chi connectivity index (χ1v) is 34.1. The van der Waals surface area contributed by atoms with Crippen LogP contribution in [0, 0.1) is 0 Å². The van der Waals surface area contributed by atoms with E-state index in [0.29, 0.717) is 19.3 Å². The van der Waals surface area contributed by atoms with E-state index in [2.05, 4.69) is 69.4 Å². The summed E-state index contributed by atoms with van der Waals surface area (Å²) in [4.78, 5) is 38.3. The second-order valence-electron chi connectivity index (χ2n) is 23.1. The van der Waals surface area contributed by atoms with Crippen LogP contribution in [0.25, 0.3) is 0 Å². The van der Waals surface area contributed by atoms with Gasteiger partial charge in [0.2, 0.25) is 0 Å². The van der Waals surface area contributed by atoms with Gasteiger partial charge in [-0.2, -0.15) is 0 Å². The molecule has 0 amide bonds. The van der Waals surface area contributed by atoms with Gasteiger partial charge in [0, 0.05) is 19.3 Å². The van der Waals surface area contributed by atoms with Gasteiger partial charge in [-0.05, 0) is 103 Å². The van der Waals surface area contributed by atoms with Crippen LogP contribution in [0.3, 0.4) is 0 Å². The lowest BCUT2D eigenvalue weighted by atomic mass is 10.0. The van der Waals surface area contributed by atoms with Crippen LogP contribution in [-0.2, 0) is 28.6 Å². The Morgan fingerprint density at radius 3 is 0.753 bits per heavy atom. The molecular formula is C71H130O6. The van der Waals surface area contributed by atoms with Crippen molar-refractivity contribution in [2.75, 3.05) is 13.2 Å². The minimum absolute atomic E-state index is 0.0752. The fraction of sp³-hybridized carbons (Fsp3) is 0.845. The molecule has 6 nitrogen and oxygen atoms in total. The maximum Gasteiger partial charge on any atom is 0.306 e. The lowest BCUT2D eigenvalue weighted by molar-refractivity contribution is -0.167. The van der Waals surface area contributed by atoms with Gasteiger partial charge in [0.05, 0.1) is 0 Å². The van der Waals surface area contributed by atoms with Gasteiger partial charge in [0.15, 0.2) is 6.10 Å². The summed E-state index contributed by atoms with van der Waals surface area (Å²) in [6.45, 7) is 6.64. The Hall–Kier alpha value is -2.63. The van der Waals surface area contributed by atoms with Crippen LogP contribution >= 0.6 is 0 Å². The average molecular weight is 1080 g/mol. The van der Waals surface area contributed by atoms with Gasteiger partial charge in [0.25, 0.3) is 0 Å². The molecular weight excluding hydrogens is 949 g/mol. The molecule has 0 saturated carbocycles. The second-order valence-corrected chi connectivity index (χ2v) is 23.1. The van der Waals surface area contributed by atoms with Crippen LogP contribution in [0.15, 0.2) is 48.6 Å². The van der Waals surface area contributed by atoms with Gasteiger partial charge in [-0.1, -0.05) is 294 Å². The van der Waals surface area contributed by atoms with Crippen LogP contribution in [0.4, 0.5) is 0 Å². The number of rotatable bonds is 63. The quantitative estimate of drug-likeness (QED) is 0.0261. The van der Waals surface area contributed by atoms with E-state index in [1.807, 2.05) is 0 Å². The fourth-order valence-corrected chi connectivity index (χ4v) is 10.1. The molecule has 0 N–H and O–H groups in total. The van der Waals surface area contributed by atoms with Crippen molar-refractivity contribution in [2.45, 2.75) is 374 Å². The van der Waals surface area contributed by atoms with Gasteiger partial charge in [-0.25, -0.2) is 0 Å². The first kappa shape index (κ1) is 74.4. The largest absolute Gasteiger partial charge is 0.462 e. The Morgan fingerprint density at radius 2 is 0.468 bits per heavy atom. The van der Waals surface area contributed by atoms with E-state index < -0.39 is 6.10 Å². The topological polar surface area (TPSA) is 78.9 Å². The number of ether oxygens (including phenoxy) is 3. The standard InChI is InChI=1S/C71H130O6/c1-4-7-10-13-16-19-22-25-27-29-30-31-32-33-34-35-36-37-38-39-40-41-42-43-45-46-49-52-55-58-61-64-70(73)76-67-68(66-75-69(72)63-60-57-54-51-48-24-21-18-15-12-9-6-3)77-71(74)65-62-59-56-53-50-47-44-28-26-23-20-17-14-11-8-5-2/h18,21-22,25,28-30,44,68H,4-17,19-20,23-24,26-27,31-43,45-67H2,1-3H3/b21-18-,25-22-,30-29-,44-28-. The number of carbonyl (C=O) groups is 3. The number of hydrogen-bond acceptors (Lipinski definition) is 6. The van der Waals surface area contributed by atoms with Gasteiger partial charge in [0.1, 0.15) is 13.2 Å². The van der Waals surface area contributed by atoms with Crippen LogP contribution in [0.5, 0.6) is 0 Å². The van der Waals surface area contributed by atoms with E-state index in [9.17, 15) is 14.4 Å². The third kappa shape index (κ3) is 64.1. The van der Waals surface area contributed by atoms with Gasteiger partial charge in [-0.15, -0.1) is 0 Å². The van der Waals surface area contributed by atoms with Crippen molar-refractivity contribution in [3.8, 4) is 0 Å².